The van der Waals surface area contributed by atoms with E-state index in [0.717, 1.165) is 0 Å². The number of esters is 1. The van der Waals surface area contributed by atoms with Gasteiger partial charge in [0.25, 0.3) is 5.91 Å². The van der Waals surface area contributed by atoms with Gasteiger partial charge in [-0.15, -0.1) is 0 Å². The molecule has 1 aliphatic heterocycles. The largest absolute Gasteiger partial charge is 0.497 e. The first kappa shape index (κ1) is 19.7. The predicted molar refractivity (Wildman–Crippen MR) is 95.4 cm³/mol. The van der Waals surface area contributed by atoms with Crippen LogP contribution in [0.2, 0.25) is 0 Å². The Labute approximate surface area is 155 Å². The molecule has 138 valence electrons. The highest BCUT2D eigenvalue weighted by Gasteiger charge is 2.34. The molecule has 1 atom stereocenters. The first-order valence-electron chi connectivity index (χ1n) is 7.78. The van der Waals surface area contributed by atoms with Crippen molar-refractivity contribution in [2.75, 3.05) is 31.8 Å². The number of rotatable bonds is 6. The molecule has 1 aliphatic rings. The SMILES string of the molecule is CCN(C(=O)COC(=O)c1cc(OC)ccc1Br)[C@H]1CCS(=O)(=O)C1. The molecule has 1 heterocycles. The summed E-state index contributed by atoms with van der Waals surface area (Å²) in [6.45, 7) is 1.69. The van der Waals surface area contributed by atoms with E-state index in [9.17, 15) is 18.0 Å². The Morgan fingerprint density at radius 3 is 2.64 bits per heavy atom. The van der Waals surface area contributed by atoms with E-state index < -0.39 is 28.3 Å². The highest BCUT2D eigenvalue weighted by Crippen LogP contribution is 2.23. The number of sulfone groups is 1. The molecule has 0 aromatic heterocycles. The zero-order valence-electron chi connectivity index (χ0n) is 14.0. The van der Waals surface area contributed by atoms with Gasteiger partial charge in [0.2, 0.25) is 0 Å². The van der Waals surface area contributed by atoms with Gasteiger partial charge in [-0.25, -0.2) is 13.2 Å². The van der Waals surface area contributed by atoms with E-state index in [1.54, 1.807) is 19.1 Å². The zero-order valence-corrected chi connectivity index (χ0v) is 16.4. The molecule has 0 unspecified atom stereocenters. The fraction of sp³-hybridized carbons (Fsp3) is 0.500. The number of ether oxygens (including phenoxy) is 2. The number of halogens is 1. The second-order valence-electron chi connectivity index (χ2n) is 5.66. The summed E-state index contributed by atoms with van der Waals surface area (Å²) in [5.41, 5.74) is 0.249. The van der Waals surface area contributed by atoms with Crippen LogP contribution in [-0.2, 0) is 19.4 Å². The maximum atomic E-state index is 12.3. The van der Waals surface area contributed by atoms with E-state index in [2.05, 4.69) is 15.9 Å². The van der Waals surface area contributed by atoms with Gasteiger partial charge in [-0.05, 0) is 47.5 Å². The van der Waals surface area contributed by atoms with Gasteiger partial charge in [0.15, 0.2) is 16.4 Å². The van der Waals surface area contributed by atoms with Crippen molar-refractivity contribution in [1.29, 1.82) is 0 Å². The van der Waals surface area contributed by atoms with Crippen LogP contribution in [0.4, 0.5) is 0 Å². The van der Waals surface area contributed by atoms with Gasteiger partial charge in [0, 0.05) is 17.1 Å². The number of hydrogen-bond donors (Lipinski definition) is 0. The molecule has 0 aliphatic carbocycles. The highest BCUT2D eigenvalue weighted by molar-refractivity contribution is 9.10. The summed E-state index contributed by atoms with van der Waals surface area (Å²) >= 11 is 3.26. The van der Waals surface area contributed by atoms with Gasteiger partial charge >= 0.3 is 5.97 Å². The molecule has 0 spiro atoms. The Kier molecular flexibility index (Phi) is 6.45. The maximum Gasteiger partial charge on any atom is 0.339 e. The van der Waals surface area contributed by atoms with Crippen LogP contribution in [-0.4, -0.2) is 63.0 Å². The number of hydrogen-bond acceptors (Lipinski definition) is 6. The van der Waals surface area contributed by atoms with Crippen molar-refractivity contribution < 1.29 is 27.5 Å². The van der Waals surface area contributed by atoms with Crippen LogP contribution in [0.3, 0.4) is 0 Å². The summed E-state index contributed by atoms with van der Waals surface area (Å²) in [5, 5.41) is 0. The Morgan fingerprint density at radius 2 is 2.08 bits per heavy atom. The number of amides is 1. The monoisotopic (exact) mass is 433 g/mol. The summed E-state index contributed by atoms with van der Waals surface area (Å²) < 4.78 is 33.9. The summed E-state index contributed by atoms with van der Waals surface area (Å²) in [5.74, 6) is -0.529. The quantitative estimate of drug-likeness (QED) is 0.633. The lowest BCUT2D eigenvalue weighted by molar-refractivity contribution is -0.136. The normalized spacial score (nSPS) is 18.6. The van der Waals surface area contributed by atoms with E-state index in [1.807, 2.05) is 0 Å². The van der Waals surface area contributed by atoms with Crippen molar-refractivity contribution in [3.8, 4) is 5.75 Å². The first-order chi connectivity index (χ1) is 11.8. The second kappa shape index (κ2) is 8.18. The van der Waals surface area contributed by atoms with Crippen LogP contribution in [0.15, 0.2) is 22.7 Å². The van der Waals surface area contributed by atoms with Crippen LogP contribution < -0.4 is 4.74 Å². The maximum absolute atomic E-state index is 12.3. The Balaban J connectivity index is 2.00. The third kappa shape index (κ3) is 4.94. The van der Waals surface area contributed by atoms with E-state index in [-0.39, 0.29) is 23.1 Å². The second-order valence-corrected chi connectivity index (χ2v) is 8.74. The Hall–Kier alpha value is -1.61. The van der Waals surface area contributed by atoms with Crippen molar-refractivity contribution in [2.45, 2.75) is 19.4 Å². The first-order valence-corrected chi connectivity index (χ1v) is 10.4. The lowest BCUT2D eigenvalue weighted by atomic mass is 10.2. The third-order valence-electron chi connectivity index (χ3n) is 4.03. The molecule has 1 aromatic carbocycles. The molecule has 0 radical (unpaired) electrons. The van der Waals surface area contributed by atoms with Crippen molar-refractivity contribution in [2.24, 2.45) is 0 Å². The van der Waals surface area contributed by atoms with Crippen LogP contribution in [0, 0.1) is 0 Å². The lowest BCUT2D eigenvalue weighted by Crippen LogP contribution is -2.43. The molecule has 0 saturated carbocycles. The van der Waals surface area contributed by atoms with Crippen molar-refractivity contribution in [1.82, 2.24) is 4.90 Å². The lowest BCUT2D eigenvalue weighted by Gasteiger charge is -2.26. The van der Waals surface area contributed by atoms with E-state index in [0.29, 0.717) is 23.2 Å². The summed E-state index contributed by atoms with van der Waals surface area (Å²) in [6.07, 6.45) is 0.414. The van der Waals surface area contributed by atoms with E-state index in [4.69, 9.17) is 9.47 Å². The van der Waals surface area contributed by atoms with Gasteiger partial charge in [-0.2, -0.15) is 0 Å². The van der Waals surface area contributed by atoms with Gasteiger partial charge < -0.3 is 14.4 Å². The average molecular weight is 434 g/mol. The van der Waals surface area contributed by atoms with Crippen LogP contribution in [0.1, 0.15) is 23.7 Å². The molecule has 0 N–H and O–H groups in total. The predicted octanol–water partition coefficient (Wildman–Crippen LogP) is 1.65. The fourth-order valence-corrected chi connectivity index (χ4v) is 4.87. The minimum Gasteiger partial charge on any atom is -0.497 e. The van der Waals surface area contributed by atoms with Crippen LogP contribution in [0.5, 0.6) is 5.75 Å². The summed E-state index contributed by atoms with van der Waals surface area (Å²) in [4.78, 5) is 26.0. The standard InChI is InChI=1S/C16H20BrNO6S/c1-3-18(11-6-7-25(21,22)10-11)15(19)9-24-16(20)13-8-12(23-2)4-5-14(13)17/h4-5,8,11H,3,6-7,9-10H2,1-2H3/t11-/m0/s1. The Morgan fingerprint density at radius 1 is 1.36 bits per heavy atom. The minimum absolute atomic E-state index is 0.0397. The number of carbonyl (C=O) groups excluding carboxylic acids is 2. The van der Waals surface area contributed by atoms with E-state index in [1.165, 1.54) is 18.1 Å². The number of nitrogens with zero attached hydrogens (tertiary/aromatic N) is 1. The summed E-state index contributed by atoms with van der Waals surface area (Å²) in [7, 11) is -1.61. The average Bonchev–Trinajstić information content (AvgIpc) is 2.93. The molecule has 1 amide bonds. The molecular weight excluding hydrogens is 414 g/mol. The Bertz CT molecular complexity index is 764. The highest BCUT2D eigenvalue weighted by atomic mass is 79.9. The smallest absolute Gasteiger partial charge is 0.339 e. The minimum atomic E-state index is -3.09. The van der Waals surface area contributed by atoms with Gasteiger partial charge in [0.05, 0.1) is 24.2 Å². The van der Waals surface area contributed by atoms with E-state index >= 15 is 0 Å². The number of benzene rings is 1. The molecule has 9 heteroatoms. The molecule has 1 saturated heterocycles. The molecule has 7 nitrogen and oxygen atoms in total. The van der Waals surface area contributed by atoms with Gasteiger partial charge in [-0.1, -0.05) is 0 Å². The number of methoxy groups -OCH3 is 1. The number of likely N-dealkylation sites (N-methyl/N-ethyl adjacent to an activating group) is 1. The molecule has 0 bridgehead atoms. The third-order valence-corrected chi connectivity index (χ3v) is 6.47. The van der Waals surface area contributed by atoms with Crippen LogP contribution >= 0.6 is 15.9 Å². The molecular formula is C16H20BrNO6S. The van der Waals surface area contributed by atoms with Gasteiger partial charge in [0.1, 0.15) is 5.75 Å². The molecule has 25 heavy (non-hydrogen) atoms. The molecule has 2 rings (SSSR count). The topological polar surface area (TPSA) is 90.0 Å². The zero-order chi connectivity index (χ0) is 18.6. The molecule has 1 aromatic rings. The fourth-order valence-electron chi connectivity index (χ4n) is 2.74. The van der Waals surface area contributed by atoms with Gasteiger partial charge in [-0.3, -0.25) is 4.79 Å². The van der Waals surface area contributed by atoms with Crippen molar-refractivity contribution in [3.05, 3.63) is 28.2 Å². The van der Waals surface area contributed by atoms with Crippen molar-refractivity contribution >= 4 is 37.6 Å². The van der Waals surface area contributed by atoms with Crippen molar-refractivity contribution in [3.63, 3.8) is 0 Å². The molecule has 1 fully saturated rings. The number of carbonyl (C=O) groups is 2. The summed E-state index contributed by atoms with van der Waals surface area (Å²) in [6, 6.07) is 4.49. The van der Waals surface area contributed by atoms with Crippen LogP contribution in [0.25, 0.3) is 0 Å².